The Hall–Kier alpha value is -5.39. The molecular formula is C37H34N4O7. The van der Waals surface area contributed by atoms with E-state index in [0.717, 1.165) is 34.9 Å². The lowest BCUT2D eigenvalue weighted by atomic mass is 9.82. The van der Waals surface area contributed by atoms with Crippen LogP contribution in [0.5, 0.6) is 0 Å². The molecule has 11 nitrogen and oxygen atoms in total. The lowest BCUT2D eigenvalue weighted by Gasteiger charge is -2.28. The quantitative estimate of drug-likeness (QED) is 0.142. The van der Waals surface area contributed by atoms with Crippen LogP contribution >= 0.6 is 0 Å². The maximum atomic E-state index is 14.1. The van der Waals surface area contributed by atoms with Crippen LogP contribution < -0.4 is 9.80 Å². The molecule has 1 fully saturated rings. The van der Waals surface area contributed by atoms with Gasteiger partial charge >= 0.3 is 0 Å². The van der Waals surface area contributed by atoms with Gasteiger partial charge in [0.05, 0.1) is 41.1 Å². The molecule has 0 bridgehead atoms. The van der Waals surface area contributed by atoms with E-state index in [9.17, 15) is 34.7 Å². The number of carbonyl (C=O) groups is 3. The van der Waals surface area contributed by atoms with E-state index in [1.54, 1.807) is 28.9 Å². The summed E-state index contributed by atoms with van der Waals surface area (Å²) in [6.45, 7) is 2.18. The fourth-order valence-corrected chi connectivity index (χ4v) is 7.29. The summed E-state index contributed by atoms with van der Waals surface area (Å²) < 4.78 is 0. The molecule has 244 valence electrons. The van der Waals surface area contributed by atoms with Gasteiger partial charge in [0.2, 0.25) is 5.91 Å². The van der Waals surface area contributed by atoms with Crippen LogP contribution in [-0.4, -0.2) is 57.0 Å². The minimum atomic E-state index is -2.12. The van der Waals surface area contributed by atoms with Gasteiger partial charge in [0.15, 0.2) is 5.60 Å². The number of hydrogen-bond acceptors (Lipinski definition) is 7. The van der Waals surface area contributed by atoms with Crippen LogP contribution in [0.3, 0.4) is 0 Å². The van der Waals surface area contributed by atoms with E-state index in [4.69, 9.17) is 0 Å². The Morgan fingerprint density at radius 3 is 2.54 bits per heavy atom. The Balaban J connectivity index is 1.14. The third-order valence-electron chi connectivity index (χ3n) is 9.84. The van der Waals surface area contributed by atoms with Crippen LogP contribution in [-0.2, 0) is 21.7 Å². The van der Waals surface area contributed by atoms with Gasteiger partial charge in [0, 0.05) is 47.7 Å². The average molecular weight is 647 g/mol. The number of nitrogens with zero attached hydrogens (tertiary/aromatic N) is 4. The summed E-state index contributed by atoms with van der Waals surface area (Å²) in [6.07, 6.45) is 4.78. The molecule has 48 heavy (non-hydrogen) atoms. The van der Waals surface area contributed by atoms with E-state index in [0.29, 0.717) is 23.5 Å². The lowest BCUT2D eigenvalue weighted by molar-refractivity contribution is -0.385. The molecular weight excluding hydrogens is 612 g/mol. The summed E-state index contributed by atoms with van der Waals surface area (Å²) in [5, 5.41) is 35.2. The molecule has 0 unspecified atom stereocenters. The Kier molecular flexibility index (Phi) is 7.81. The van der Waals surface area contributed by atoms with Gasteiger partial charge in [0.25, 0.3) is 17.5 Å². The van der Waals surface area contributed by atoms with Crippen LogP contribution in [0.15, 0.2) is 91.0 Å². The predicted molar refractivity (Wildman–Crippen MR) is 180 cm³/mol. The van der Waals surface area contributed by atoms with Crippen LogP contribution in [0.2, 0.25) is 0 Å². The second-order valence-electron chi connectivity index (χ2n) is 12.6. The zero-order valence-corrected chi connectivity index (χ0v) is 26.3. The van der Waals surface area contributed by atoms with E-state index in [-0.39, 0.29) is 48.7 Å². The van der Waals surface area contributed by atoms with Crippen molar-refractivity contribution in [1.29, 1.82) is 0 Å². The molecule has 3 amide bonds. The highest BCUT2D eigenvalue weighted by molar-refractivity contribution is 6.27. The number of anilines is 3. The third kappa shape index (κ3) is 4.94. The topological polar surface area (TPSA) is 145 Å². The van der Waals surface area contributed by atoms with Gasteiger partial charge in [-0.1, -0.05) is 55.5 Å². The first kappa shape index (κ1) is 31.2. The fourth-order valence-electron chi connectivity index (χ4n) is 7.29. The number of nitro groups is 1. The van der Waals surface area contributed by atoms with E-state index >= 15 is 0 Å². The molecule has 3 atom stereocenters. The van der Waals surface area contributed by atoms with Crippen molar-refractivity contribution in [2.24, 2.45) is 5.92 Å². The molecule has 0 saturated carbocycles. The number of likely N-dealkylation sites (tertiary alicyclic amines) is 1. The van der Waals surface area contributed by atoms with Gasteiger partial charge in [-0.3, -0.25) is 29.4 Å². The number of rotatable bonds is 9. The first-order valence-corrected chi connectivity index (χ1v) is 16.0. The van der Waals surface area contributed by atoms with Gasteiger partial charge in [-0.25, -0.2) is 0 Å². The van der Waals surface area contributed by atoms with Crippen LogP contribution in [0.1, 0.15) is 47.7 Å². The predicted octanol–water partition coefficient (Wildman–Crippen LogP) is 5.34. The van der Waals surface area contributed by atoms with E-state index in [1.165, 1.54) is 23.1 Å². The molecule has 0 spiro atoms. The number of aliphatic hydroxyl groups excluding tert-OH is 1. The SMILES string of the molecule is C[C@H](/C=C/CC(=O)N1CCC[C@H]1CO)[C@@]1(O)C(=O)N(Cc2ccc(N3C(=O)c4cccc5cccc3c45)cc2)c2ccc([N+](=O)[O-])cc21. The van der Waals surface area contributed by atoms with Gasteiger partial charge in [-0.05, 0) is 54.1 Å². The molecule has 3 aliphatic rings. The largest absolute Gasteiger partial charge is 0.394 e. The van der Waals surface area contributed by atoms with Crippen LogP contribution in [0.25, 0.3) is 10.8 Å². The zero-order valence-electron chi connectivity index (χ0n) is 26.3. The van der Waals surface area contributed by atoms with Crippen molar-refractivity contribution in [2.45, 2.75) is 44.4 Å². The summed E-state index contributed by atoms with van der Waals surface area (Å²) >= 11 is 0. The maximum Gasteiger partial charge on any atom is 0.269 e. The summed E-state index contributed by atoms with van der Waals surface area (Å²) in [5.74, 6) is -1.75. The summed E-state index contributed by atoms with van der Waals surface area (Å²) in [6, 6.07) is 22.5. The smallest absolute Gasteiger partial charge is 0.269 e. The summed E-state index contributed by atoms with van der Waals surface area (Å²) in [5.41, 5.74) is 0.929. The van der Waals surface area contributed by atoms with Crippen molar-refractivity contribution in [3.8, 4) is 0 Å². The molecule has 2 N–H and O–H groups in total. The highest BCUT2D eigenvalue weighted by Crippen LogP contribution is 2.47. The zero-order chi connectivity index (χ0) is 33.7. The Morgan fingerprint density at radius 1 is 1.06 bits per heavy atom. The molecule has 1 saturated heterocycles. The van der Waals surface area contributed by atoms with Crippen LogP contribution in [0, 0.1) is 16.0 Å². The highest BCUT2D eigenvalue weighted by atomic mass is 16.6. The average Bonchev–Trinajstić information content (AvgIpc) is 3.75. The number of non-ortho nitro benzene ring substituents is 1. The van der Waals surface area contributed by atoms with Crippen molar-refractivity contribution in [3.05, 3.63) is 118 Å². The molecule has 3 heterocycles. The number of carbonyl (C=O) groups excluding carboxylic acids is 3. The van der Waals surface area contributed by atoms with E-state index in [1.807, 2.05) is 60.7 Å². The number of hydrogen-bond donors (Lipinski definition) is 2. The maximum absolute atomic E-state index is 14.1. The van der Waals surface area contributed by atoms with Crippen molar-refractivity contribution >= 4 is 51.2 Å². The molecule has 11 heteroatoms. The summed E-state index contributed by atoms with van der Waals surface area (Å²) in [4.78, 5) is 56.1. The minimum absolute atomic E-state index is 0.0298. The molecule has 3 aliphatic heterocycles. The minimum Gasteiger partial charge on any atom is -0.394 e. The second kappa shape index (κ2) is 12.0. The van der Waals surface area contributed by atoms with Gasteiger partial charge in [-0.15, -0.1) is 0 Å². The Morgan fingerprint density at radius 2 is 1.81 bits per heavy atom. The standard InChI is InChI=1S/C37H34N4O7/c1-23(6-2-12-33(43)38-19-5-9-28(38)22-42)37(46)30-20-27(41(47)48)17-18-31(30)39(36(37)45)21-24-13-15-26(16-14-24)40-32-11-4-8-25-7-3-10-29(34(25)32)35(40)44/h2-4,6-8,10-11,13-18,20,23,28,42,46H,5,9,12,19,21-22H2,1H3/b6-2+/t23-,28+,37+/m1/s1. The molecule has 0 aliphatic carbocycles. The van der Waals surface area contributed by atoms with Crippen LogP contribution in [0.4, 0.5) is 22.7 Å². The normalized spacial score (nSPS) is 20.7. The number of amides is 3. The van der Waals surface area contributed by atoms with Gasteiger partial charge in [-0.2, -0.15) is 0 Å². The van der Waals surface area contributed by atoms with Gasteiger partial charge in [0.1, 0.15) is 0 Å². The first-order chi connectivity index (χ1) is 23.1. The van der Waals surface area contributed by atoms with Crippen molar-refractivity contribution < 1.29 is 29.5 Å². The number of benzene rings is 4. The van der Waals surface area contributed by atoms with E-state index in [2.05, 4.69) is 0 Å². The molecule has 4 aromatic rings. The Bertz CT molecular complexity index is 2000. The van der Waals surface area contributed by atoms with E-state index < -0.39 is 22.3 Å². The summed E-state index contributed by atoms with van der Waals surface area (Å²) in [7, 11) is 0. The number of aliphatic hydroxyl groups is 2. The lowest BCUT2D eigenvalue weighted by Crippen LogP contribution is -2.44. The fraction of sp³-hybridized carbons (Fsp3) is 0.270. The molecule has 4 aromatic carbocycles. The second-order valence-corrected chi connectivity index (χ2v) is 12.6. The van der Waals surface area contributed by atoms with Crippen molar-refractivity contribution in [3.63, 3.8) is 0 Å². The van der Waals surface area contributed by atoms with Crippen molar-refractivity contribution in [2.75, 3.05) is 23.0 Å². The highest BCUT2D eigenvalue weighted by Gasteiger charge is 2.53. The molecule has 7 rings (SSSR count). The molecule has 0 radical (unpaired) electrons. The third-order valence-corrected chi connectivity index (χ3v) is 9.84. The molecule has 0 aromatic heterocycles. The monoisotopic (exact) mass is 646 g/mol. The van der Waals surface area contributed by atoms with Crippen molar-refractivity contribution in [1.82, 2.24) is 4.90 Å². The number of nitro benzene ring substituents is 1. The first-order valence-electron chi connectivity index (χ1n) is 16.0. The van der Waals surface area contributed by atoms with Gasteiger partial charge < -0.3 is 20.0 Å². The Labute approximate surface area is 276 Å². The number of fused-ring (bicyclic) bond motifs is 1.